The van der Waals surface area contributed by atoms with E-state index in [-0.39, 0.29) is 17.0 Å². The molecular weight excluding hydrogens is 280 g/mol. The minimum atomic E-state index is -0.512. The van der Waals surface area contributed by atoms with E-state index >= 15 is 0 Å². The number of aromatic nitrogens is 1. The van der Waals surface area contributed by atoms with Crippen molar-refractivity contribution in [3.8, 4) is 0 Å². The molecule has 3 rings (SSSR count). The van der Waals surface area contributed by atoms with E-state index in [0.29, 0.717) is 11.3 Å². The van der Waals surface area contributed by atoms with E-state index in [4.69, 9.17) is 0 Å². The van der Waals surface area contributed by atoms with Gasteiger partial charge in [-0.1, -0.05) is 30.3 Å². The van der Waals surface area contributed by atoms with E-state index in [1.165, 1.54) is 18.2 Å². The molecule has 0 amide bonds. The van der Waals surface area contributed by atoms with Gasteiger partial charge in [-0.25, -0.2) is 0 Å². The van der Waals surface area contributed by atoms with E-state index in [0.717, 1.165) is 10.9 Å². The Bertz CT molecular complexity index is 903. The first-order valence-corrected chi connectivity index (χ1v) is 6.72. The van der Waals surface area contributed by atoms with Crippen LogP contribution in [-0.2, 0) is 0 Å². The van der Waals surface area contributed by atoms with Crippen LogP contribution in [0.25, 0.3) is 10.9 Å². The third-order valence-corrected chi connectivity index (χ3v) is 3.48. The Balaban J connectivity index is 2.10. The molecule has 5 nitrogen and oxygen atoms in total. The number of nitro groups is 1. The number of aryl methyl sites for hydroxylation is 1. The molecule has 0 unspecified atom stereocenters. The summed E-state index contributed by atoms with van der Waals surface area (Å²) >= 11 is 0. The molecular formula is C17H12N2O3. The highest BCUT2D eigenvalue weighted by molar-refractivity contribution is 6.11. The zero-order valence-electron chi connectivity index (χ0n) is 11.8. The van der Waals surface area contributed by atoms with Crippen LogP contribution < -0.4 is 0 Å². The number of benzene rings is 2. The smallest absolute Gasteiger partial charge is 0.270 e. The fourth-order valence-corrected chi connectivity index (χ4v) is 2.36. The molecule has 1 aromatic heterocycles. The molecule has 108 valence electrons. The third-order valence-electron chi connectivity index (χ3n) is 3.48. The van der Waals surface area contributed by atoms with Gasteiger partial charge in [-0.05, 0) is 19.1 Å². The SMILES string of the molecule is Cc1nc2ccccc2cc1C(=O)c1cccc([N+](=O)[O-])c1. The molecule has 22 heavy (non-hydrogen) atoms. The second kappa shape index (κ2) is 5.37. The molecule has 0 aliphatic heterocycles. The maximum absolute atomic E-state index is 12.6. The average Bonchev–Trinajstić information content (AvgIpc) is 2.53. The zero-order chi connectivity index (χ0) is 15.7. The standard InChI is InChI=1S/C17H12N2O3/c1-11-15(10-12-5-2-3-8-16(12)18-11)17(20)13-6-4-7-14(9-13)19(21)22/h2-10H,1H3. The quantitative estimate of drug-likeness (QED) is 0.419. The number of carbonyl (C=O) groups excluding carboxylic acids is 1. The number of nitrogens with zero attached hydrogens (tertiary/aromatic N) is 2. The van der Waals surface area contributed by atoms with Crippen LogP contribution in [-0.4, -0.2) is 15.7 Å². The lowest BCUT2D eigenvalue weighted by atomic mass is 10.00. The second-order valence-electron chi connectivity index (χ2n) is 4.95. The fraction of sp³-hybridized carbons (Fsp3) is 0.0588. The summed E-state index contributed by atoms with van der Waals surface area (Å²) in [5, 5.41) is 11.7. The van der Waals surface area contributed by atoms with E-state index in [2.05, 4.69) is 4.98 Å². The van der Waals surface area contributed by atoms with Crippen molar-refractivity contribution in [2.24, 2.45) is 0 Å². The Labute approximate surface area is 126 Å². The lowest BCUT2D eigenvalue weighted by Crippen LogP contribution is -2.06. The van der Waals surface area contributed by atoms with Crippen molar-refractivity contribution in [2.45, 2.75) is 6.92 Å². The Morgan fingerprint density at radius 2 is 1.86 bits per heavy atom. The van der Waals surface area contributed by atoms with Crippen LogP contribution in [0.2, 0.25) is 0 Å². The highest BCUT2D eigenvalue weighted by atomic mass is 16.6. The van der Waals surface area contributed by atoms with E-state index in [1.807, 2.05) is 24.3 Å². The molecule has 0 N–H and O–H groups in total. The van der Waals surface area contributed by atoms with Crippen molar-refractivity contribution in [1.82, 2.24) is 4.98 Å². The van der Waals surface area contributed by atoms with E-state index < -0.39 is 4.92 Å². The van der Waals surface area contributed by atoms with Gasteiger partial charge in [0, 0.05) is 34.3 Å². The molecule has 0 bridgehead atoms. The number of hydrogen-bond donors (Lipinski definition) is 0. The predicted octanol–water partition coefficient (Wildman–Crippen LogP) is 3.68. The van der Waals surface area contributed by atoms with Gasteiger partial charge in [0.1, 0.15) is 0 Å². The van der Waals surface area contributed by atoms with Crippen LogP contribution in [0.3, 0.4) is 0 Å². The molecule has 0 saturated carbocycles. The van der Waals surface area contributed by atoms with E-state index in [9.17, 15) is 14.9 Å². The second-order valence-corrected chi connectivity index (χ2v) is 4.95. The monoisotopic (exact) mass is 292 g/mol. The summed E-state index contributed by atoms with van der Waals surface area (Å²) in [5.41, 5.74) is 2.07. The molecule has 0 radical (unpaired) electrons. The first kappa shape index (κ1) is 13.9. The average molecular weight is 292 g/mol. The molecule has 0 saturated heterocycles. The minimum Gasteiger partial charge on any atom is -0.289 e. The van der Waals surface area contributed by atoms with Gasteiger partial charge < -0.3 is 0 Å². The molecule has 2 aromatic carbocycles. The minimum absolute atomic E-state index is 0.0998. The van der Waals surface area contributed by atoms with Gasteiger partial charge in [-0.2, -0.15) is 0 Å². The summed E-state index contributed by atoms with van der Waals surface area (Å²) in [6, 6.07) is 15.0. The molecule has 5 heteroatoms. The van der Waals surface area contributed by atoms with Crippen molar-refractivity contribution in [3.05, 3.63) is 81.5 Å². The highest BCUT2D eigenvalue weighted by Gasteiger charge is 2.16. The van der Waals surface area contributed by atoms with Crippen LogP contribution in [0.1, 0.15) is 21.6 Å². The number of non-ortho nitro benzene ring substituents is 1. The molecule has 0 atom stereocenters. The summed E-state index contributed by atoms with van der Waals surface area (Å²) in [5.74, 6) is -0.264. The number of carbonyl (C=O) groups is 1. The van der Waals surface area contributed by atoms with Crippen molar-refractivity contribution in [1.29, 1.82) is 0 Å². The van der Waals surface area contributed by atoms with Gasteiger partial charge in [0.2, 0.25) is 0 Å². The number of pyridine rings is 1. The van der Waals surface area contributed by atoms with E-state index in [1.54, 1.807) is 19.1 Å². The topological polar surface area (TPSA) is 73.1 Å². The molecule has 0 aliphatic carbocycles. The molecule has 3 aromatic rings. The number of hydrogen-bond acceptors (Lipinski definition) is 4. The van der Waals surface area contributed by atoms with Gasteiger partial charge in [-0.3, -0.25) is 19.9 Å². The fourth-order valence-electron chi connectivity index (χ4n) is 2.36. The van der Waals surface area contributed by atoms with Crippen LogP contribution in [0.4, 0.5) is 5.69 Å². The van der Waals surface area contributed by atoms with Gasteiger partial charge in [0.15, 0.2) is 5.78 Å². The van der Waals surface area contributed by atoms with Gasteiger partial charge in [0.05, 0.1) is 10.4 Å². The largest absolute Gasteiger partial charge is 0.289 e. The first-order valence-electron chi connectivity index (χ1n) is 6.72. The number of para-hydroxylation sites is 1. The van der Waals surface area contributed by atoms with Gasteiger partial charge in [-0.15, -0.1) is 0 Å². The summed E-state index contributed by atoms with van der Waals surface area (Å²) in [7, 11) is 0. The normalized spacial score (nSPS) is 10.6. The molecule has 0 aliphatic rings. The summed E-state index contributed by atoms with van der Waals surface area (Å²) in [6.45, 7) is 1.76. The first-order chi connectivity index (χ1) is 10.6. The highest BCUT2D eigenvalue weighted by Crippen LogP contribution is 2.21. The lowest BCUT2D eigenvalue weighted by Gasteiger charge is -2.07. The van der Waals surface area contributed by atoms with Gasteiger partial charge in [0.25, 0.3) is 5.69 Å². The van der Waals surface area contributed by atoms with Crippen molar-refractivity contribution in [2.75, 3.05) is 0 Å². The number of fused-ring (bicyclic) bond motifs is 1. The van der Waals surface area contributed by atoms with Crippen molar-refractivity contribution >= 4 is 22.4 Å². The maximum atomic E-state index is 12.6. The van der Waals surface area contributed by atoms with Gasteiger partial charge >= 0.3 is 0 Å². The Morgan fingerprint density at radius 1 is 1.09 bits per heavy atom. The van der Waals surface area contributed by atoms with Crippen molar-refractivity contribution in [3.63, 3.8) is 0 Å². The van der Waals surface area contributed by atoms with Crippen molar-refractivity contribution < 1.29 is 9.72 Å². The third kappa shape index (κ3) is 2.44. The molecule has 1 heterocycles. The number of rotatable bonds is 3. The zero-order valence-corrected chi connectivity index (χ0v) is 11.8. The lowest BCUT2D eigenvalue weighted by molar-refractivity contribution is -0.384. The summed E-state index contributed by atoms with van der Waals surface area (Å²) in [6.07, 6.45) is 0. The summed E-state index contributed by atoms with van der Waals surface area (Å²) in [4.78, 5) is 27.4. The number of nitro benzene ring substituents is 1. The summed E-state index contributed by atoms with van der Waals surface area (Å²) < 4.78 is 0. The Hall–Kier alpha value is -3.08. The van der Waals surface area contributed by atoms with Crippen LogP contribution in [0.5, 0.6) is 0 Å². The van der Waals surface area contributed by atoms with Crippen LogP contribution in [0.15, 0.2) is 54.6 Å². The van der Waals surface area contributed by atoms with Crippen LogP contribution in [0, 0.1) is 17.0 Å². The maximum Gasteiger partial charge on any atom is 0.270 e. The Morgan fingerprint density at radius 3 is 2.64 bits per heavy atom. The Kier molecular flexibility index (Phi) is 3.39. The number of ketones is 1. The predicted molar refractivity (Wildman–Crippen MR) is 83.0 cm³/mol. The molecule has 0 spiro atoms. The van der Waals surface area contributed by atoms with Crippen LogP contribution >= 0.6 is 0 Å². The molecule has 0 fully saturated rings.